The van der Waals surface area contributed by atoms with Crippen LogP contribution in [-0.2, 0) is 9.53 Å². The molecule has 21 heavy (non-hydrogen) atoms. The molecule has 5 nitrogen and oxygen atoms in total. The topological polar surface area (TPSA) is 44.8 Å². The van der Waals surface area contributed by atoms with Crippen molar-refractivity contribution in [3.8, 4) is 0 Å². The lowest BCUT2D eigenvalue weighted by atomic mass is 10.00. The Labute approximate surface area is 129 Å². The van der Waals surface area contributed by atoms with Gasteiger partial charge in [0.05, 0.1) is 6.61 Å². The zero-order chi connectivity index (χ0) is 15.5. The van der Waals surface area contributed by atoms with Gasteiger partial charge in [-0.25, -0.2) is 0 Å². The first-order chi connectivity index (χ1) is 9.98. The minimum absolute atomic E-state index is 0.109. The lowest BCUT2D eigenvalue weighted by Crippen LogP contribution is -2.62. The zero-order valence-electron chi connectivity index (χ0n) is 14.0. The van der Waals surface area contributed by atoms with Crippen LogP contribution in [0.25, 0.3) is 0 Å². The van der Waals surface area contributed by atoms with Crippen molar-refractivity contribution in [1.29, 1.82) is 0 Å². The SMILES string of the molecule is CCOC(=O)C(C)(CN1CCN(CC)C(C)C1)NC1CC1. The van der Waals surface area contributed by atoms with Crippen LogP contribution in [0.5, 0.6) is 0 Å². The molecule has 1 N–H and O–H groups in total. The van der Waals surface area contributed by atoms with Gasteiger partial charge in [0.25, 0.3) is 0 Å². The van der Waals surface area contributed by atoms with Gasteiger partial charge in [-0.3, -0.25) is 19.9 Å². The third-order valence-electron chi connectivity index (χ3n) is 4.62. The standard InChI is InChI=1S/C16H31N3O2/c1-5-19-10-9-18(11-13(19)3)12-16(4,15(20)21-6-2)17-14-7-8-14/h13-14,17H,5-12H2,1-4H3. The van der Waals surface area contributed by atoms with Crippen molar-refractivity contribution in [2.75, 3.05) is 39.3 Å². The van der Waals surface area contributed by atoms with Crippen LogP contribution < -0.4 is 5.32 Å². The Morgan fingerprint density at radius 3 is 2.57 bits per heavy atom. The molecule has 1 saturated heterocycles. The molecule has 0 amide bonds. The highest BCUT2D eigenvalue weighted by Gasteiger charge is 2.41. The maximum atomic E-state index is 12.4. The number of ether oxygens (including phenoxy) is 1. The predicted molar refractivity (Wildman–Crippen MR) is 84.3 cm³/mol. The number of likely N-dealkylation sites (N-methyl/N-ethyl adjacent to an activating group) is 1. The van der Waals surface area contributed by atoms with E-state index in [1.165, 1.54) is 12.8 Å². The number of rotatable bonds is 7. The molecule has 1 heterocycles. The van der Waals surface area contributed by atoms with Crippen LogP contribution in [0.15, 0.2) is 0 Å². The molecule has 0 radical (unpaired) electrons. The lowest BCUT2D eigenvalue weighted by molar-refractivity contribution is -0.151. The third kappa shape index (κ3) is 4.41. The Hall–Kier alpha value is -0.650. The molecule has 2 aliphatic rings. The second-order valence-corrected chi connectivity index (χ2v) is 6.68. The van der Waals surface area contributed by atoms with E-state index in [1.807, 2.05) is 13.8 Å². The molecule has 2 fully saturated rings. The number of piperazine rings is 1. The van der Waals surface area contributed by atoms with E-state index in [9.17, 15) is 4.79 Å². The first-order valence-corrected chi connectivity index (χ1v) is 8.39. The summed E-state index contributed by atoms with van der Waals surface area (Å²) >= 11 is 0. The van der Waals surface area contributed by atoms with Gasteiger partial charge in [-0.1, -0.05) is 6.92 Å². The van der Waals surface area contributed by atoms with Crippen molar-refractivity contribution >= 4 is 5.97 Å². The Morgan fingerprint density at radius 2 is 2.05 bits per heavy atom. The summed E-state index contributed by atoms with van der Waals surface area (Å²) in [5, 5.41) is 3.51. The molecule has 0 aromatic heterocycles. The maximum absolute atomic E-state index is 12.4. The smallest absolute Gasteiger partial charge is 0.327 e. The van der Waals surface area contributed by atoms with Crippen LogP contribution in [0, 0.1) is 0 Å². The Balaban J connectivity index is 1.96. The minimum atomic E-state index is -0.578. The van der Waals surface area contributed by atoms with Gasteiger partial charge in [-0.2, -0.15) is 0 Å². The Bertz CT molecular complexity index is 359. The predicted octanol–water partition coefficient (Wildman–Crippen LogP) is 1.09. The second-order valence-electron chi connectivity index (χ2n) is 6.68. The van der Waals surface area contributed by atoms with Crippen molar-refractivity contribution < 1.29 is 9.53 Å². The number of carbonyl (C=O) groups excluding carboxylic acids is 1. The van der Waals surface area contributed by atoms with E-state index in [4.69, 9.17) is 4.74 Å². The summed E-state index contributed by atoms with van der Waals surface area (Å²) < 4.78 is 5.31. The third-order valence-corrected chi connectivity index (χ3v) is 4.62. The fraction of sp³-hybridized carbons (Fsp3) is 0.938. The summed E-state index contributed by atoms with van der Waals surface area (Å²) in [6, 6.07) is 1.05. The van der Waals surface area contributed by atoms with Gasteiger partial charge in [0.2, 0.25) is 0 Å². The van der Waals surface area contributed by atoms with Crippen molar-refractivity contribution in [1.82, 2.24) is 15.1 Å². The van der Waals surface area contributed by atoms with E-state index >= 15 is 0 Å². The molecule has 0 aromatic carbocycles. The quantitative estimate of drug-likeness (QED) is 0.713. The van der Waals surface area contributed by atoms with E-state index in [0.29, 0.717) is 18.7 Å². The highest BCUT2D eigenvalue weighted by molar-refractivity contribution is 5.80. The van der Waals surface area contributed by atoms with E-state index < -0.39 is 5.54 Å². The molecule has 2 atom stereocenters. The van der Waals surface area contributed by atoms with Crippen molar-refractivity contribution in [2.24, 2.45) is 0 Å². The van der Waals surface area contributed by atoms with Gasteiger partial charge in [0, 0.05) is 38.3 Å². The normalized spacial score (nSPS) is 27.3. The molecule has 5 heteroatoms. The summed E-state index contributed by atoms with van der Waals surface area (Å²) in [5.41, 5.74) is -0.578. The highest BCUT2D eigenvalue weighted by Crippen LogP contribution is 2.24. The number of nitrogens with zero attached hydrogens (tertiary/aromatic N) is 2. The van der Waals surface area contributed by atoms with Gasteiger partial charge in [0.1, 0.15) is 5.54 Å². The summed E-state index contributed by atoms with van der Waals surface area (Å²) in [5.74, 6) is -0.109. The van der Waals surface area contributed by atoms with Gasteiger partial charge in [-0.05, 0) is 40.2 Å². The Kier molecular flexibility index (Phi) is 5.63. The summed E-state index contributed by atoms with van der Waals surface area (Å²) in [6.07, 6.45) is 2.35. The van der Waals surface area contributed by atoms with Gasteiger partial charge in [0.15, 0.2) is 0 Å². The summed E-state index contributed by atoms with van der Waals surface area (Å²) in [4.78, 5) is 17.3. The average Bonchev–Trinajstić information content (AvgIpc) is 3.23. The molecular weight excluding hydrogens is 266 g/mol. The van der Waals surface area contributed by atoms with Crippen LogP contribution in [0.1, 0.15) is 40.5 Å². The second kappa shape index (κ2) is 7.07. The average molecular weight is 297 g/mol. The molecular formula is C16H31N3O2. The molecule has 2 unspecified atom stereocenters. The molecule has 1 saturated carbocycles. The molecule has 0 aromatic rings. The van der Waals surface area contributed by atoms with Gasteiger partial charge >= 0.3 is 5.97 Å². The van der Waals surface area contributed by atoms with E-state index in [2.05, 4.69) is 29.0 Å². The minimum Gasteiger partial charge on any atom is -0.465 e. The molecule has 1 aliphatic carbocycles. The van der Waals surface area contributed by atoms with Crippen molar-refractivity contribution in [3.63, 3.8) is 0 Å². The number of hydrogen-bond acceptors (Lipinski definition) is 5. The number of esters is 1. The van der Waals surface area contributed by atoms with Gasteiger partial charge < -0.3 is 4.74 Å². The number of nitrogens with one attached hydrogen (secondary N) is 1. The largest absolute Gasteiger partial charge is 0.465 e. The van der Waals surface area contributed by atoms with E-state index in [0.717, 1.165) is 32.7 Å². The molecule has 0 bridgehead atoms. The van der Waals surface area contributed by atoms with Crippen LogP contribution in [0.4, 0.5) is 0 Å². The summed E-state index contributed by atoms with van der Waals surface area (Å²) in [7, 11) is 0. The van der Waals surface area contributed by atoms with Crippen molar-refractivity contribution in [3.05, 3.63) is 0 Å². The van der Waals surface area contributed by atoms with Crippen LogP contribution >= 0.6 is 0 Å². The maximum Gasteiger partial charge on any atom is 0.327 e. The fourth-order valence-electron chi connectivity index (χ4n) is 3.27. The van der Waals surface area contributed by atoms with Gasteiger partial charge in [-0.15, -0.1) is 0 Å². The fourth-order valence-corrected chi connectivity index (χ4v) is 3.27. The molecule has 2 rings (SSSR count). The first-order valence-electron chi connectivity index (χ1n) is 8.39. The van der Waals surface area contributed by atoms with E-state index in [1.54, 1.807) is 0 Å². The summed E-state index contributed by atoms with van der Waals surface area (Å²) in [6.45, 7) is 13.8. The monoisotopic (exact) mass is 297 g/mol. The lowest BCUT2D eigenvalue weighted by Gasteiger charge is -2.42. The molecule has 122 valence electrons. The number of carbonyl (C=O) groups is 1. The van der Waals surface area contributed by atoms with Crippen LogP contribution in [0.2, 0.25) is 0 Å². The first kappa shape index (κ1) is 16.7. The zero-order valence-corrected chi connectivity index (χ0v) is 14.0. The molecule has 1 aliphatic heterocycles. The van der Waals surface area contributed by atoms with Crippen molar-refractivity contribution in [2.45, 2.75) is 58.2 Å². The van der Waals surface area contributed by atoms with E-state index in [-0.39, 0.29) is 5.97 Å². The van der Waals surface area contributed by atoms with Crippen LogP contribution in [-0.4, -0.2) is 72.7 Å². The molecule has 0 spiro atoms. The Morgan fingerprint density at radius 1 is 1.33 bits per heavy atom. The van der Waals surface area contributed by atoms with Crippen LogP contribution in [0.3, 0.4) is 0 Å². The number of hydrogen-bond donors (Lipinski definition) is 1. The highest BCUT2D eigenvalue weighted by atomic mass is 16.5.